The van der Waals surface area contributed by atoms with E-state index in [1.54, 1.807) is 6.08 Å². The van der Waals surface area contributed by atoms with Crippen molar-refractivity contribution in [3.8, 4) is 5.75 Å². The minimum Gasteiger partial charge on any atom is -0.494 e. The van der Waals surface area contributed by atoms with Gasteiger partial charge in [-0.2, -0.15) is 0 Å². The van der Waals surface area contributed by atoms with Gasteiger partial charge in [0.1, 0.15) is 5.75 Å². The molecule has 0 saturated carbocycles. The summed E-state index contributed by atoms with van der Waals surface area (Å²) in [5.41, 5.74) is 0.984. The van der Waals surface area contributed by atoms with E-state index in [1.165, 1.54) is 0 Å². The normalized spacial score (nSPS) is 18.4. The Morgan fingerprint density at radius 3 is 2.86 bits per heavy atom. The molecule has 1 fully saturated rings. The highest BCUT2D eigenvalue weighted by molar-refractivity contribution is 5.91. The molecule has 1 aromatic carbocycles. The molecule has 1 unspecified atom stereocenters. The van der Waals surface area contributed by atoms with Gasteiger partial charge < -0.3 is 14.7 Å². The molecule has 1 N–H and O–H groups in total. The lowest BCUT2D eigenvalue weighted by Gasteiger charge is -2.13. The summed E-state index contributed by atoms with van der Waals surface area (Å²) in [6.45, 7) is 4.35. The molecule has 1 atom stereocenters. The van der Waals surface area contributed by atoms with Gasteiger partial charge in [-0.1, -0.05) is 12.1 Å². The summed E-state index contributed by atoms with van der Waals surface area (Å²) < 4.78 is 5.38. The highest BCUT2D eigenvalue weighted by atomic mass is 16.5. The fraction of sp³-hybridized carbons (Fsp3) is 0.471. The third-order valence-electron chi connectivity index (χ3n) is 3.74. The summed E-state index contributed by atoms with van der Waals surface area (Å²) in [7, 11) is 0. The quantitative estimate of drug-likeness (QED) is 0.818. The first-order valence-corrected chi connectivity index (χ1v) is 7.53. The van der Waals surface area contributed by atoms with E-state index in [4.69, 9.17) is 9.84 Å². The predicted octanol–water partition coefficient (Wildman–Crippen LogP) is 2.33. The molecule has 0 spiro atoms. The van der Waals surface area contributed by atoms with E-state index >= 15 is 0 Å². The van der Waals surface area contributed by atoms with Crippen molar-refractivity contribution < 1.29 is 14.6 Å². The molecule has 0 aliphatic carbocycles. The van der Waals surface area contributed by atoms with Crippen LogP contribution in [0.1, 0.15) is 25.3 Å². The zero-order valence-electron chi connectivity index (χ0n) is 12.5. The molecule has 1 saturated heterocycles. The van der Waals surface area contributed by atoms with Crippen molar-refractivity contribution in [2.24, 2.45) is 5.92 Å². The first-order valence-electron chi connectivity index (χ1n) is 7.53. The molecule has 1 amide bonds. The summed E-state index contributed by atoms with van der Waals surface area (Å²) in [5, 5.41) is 8.94. The number of likely N-dealkylation sites (tertiary alicyclic amines) is 1. The van der Waals surface area contributed by atoms with Gasteiger partial charge in [0.25, 0.3) is 0 Å². The Morgan fingerprint density at radius 1 is 1.43 bits per heavy atom. The zero-order chi connectivity index (χ0) is 15.1. The van der Waals surface area contributed by atoms with Gasteiger partial charge in [0.15, 0.2) is 0 Å². The Morgan fingerprint density at radius 2 is 2.19 bits per heavy atom. The molecule has 4 nitrogen and oxygen atoms in total. The number of rotatable bonds is 6. The lowest BCUT2D eigenvalue weighted by molar-refractivity contribution is -0.125. The summed E-state index contributed by atoms with van der Waals surface area (Å²) >= 11 is 0. The second-order valence-electron chi connectivity index (χ2n) is 5.29. The Kier molecular flexibility index (Phi) is 5.81. The van der Waals surface area contributed by atoms with E-state index in [0.717, 1.165) is 37.2 Å². The van der Waals surface area contributed by atoms with Crippen LogP contribution in [0.3, 0.4) is 0 Å². The fourth-order valence-corrected chi connectivity index (χ4v) is 2.57. The third-order valence-corrected chi connectivity index (χ3v) is 3.74. The second kappa shape index (κ2) is 7.84. The number of carbonyl (C=O) groups excluding carboxylic acids is 1. The van der Waals surface area contributed by atoms with Gasteiger partial charge >= 0.3 is 0 Å². The first-order chi connectivity index (χ1) is 10.2. The molecule has 1 heterocycles. The maximum absolute atomic E-state index is 12.1. The van der Waals surface area contributed by atoms with Crippen LogP contribution in [-0.2, 0) is 4.79 Å². The van der Waals surface area contributed by atoms with Crippen molar-refractivity contribution >= 4 is 12.0 Å². The maximum atomic E-state index is 12.1. The lowest BCUT2D eigenvalue weighted by atomic mass is 10.1. The van der Waals surface area contributed by atoms with Crippen LogP contribution in [0.25, 0.3) is 6.08 Å². The van der Waals surface area contributed by atoms with Crippen LogP contribution in [0.15, 0.2) is 30.3 Å². The first kappa shape index (κ1) is 15.6. The van der Waals surface area contributed by atoms with Crippen molar-refractivity contribution in [3.05, 3.63) is 35.9 Å². The van der Waals surface area contributed by atoms with E-state index in [-0.39, 0.29) is 12.5 Å². The highest BCUT2D eigenvalue weighted by Crippen LogP contribution is 2.19. The van der Waals surface area contributed by atoms with Gasteiger partial charge in [-0.05, 0) is 49.5 Å². The van der Waals surface area contributed by atoms with E-state index < -0.39 is 0 Å². The molecule has 0 bridgehead atoms. The standard InChI is InChI=1S/C17H23NO3/c1-2-21-16-6-3-14(4-7-16)5-8-17(20)18-11-9-15(13-18)10-12-19/h3-8,15,19H,2,9-13H2,1H3/b8-5+. The Labute approximate surface area is 126 Å². The second-order valence-corrected chi connectivity index (χ2v) is 5.29. The van der Waals surface area contributed by atoms with E-state index in [0.29, 0.717) is 12.5 Å². The number of nitrogens with zero attached hydrogens (tertiary/aromatic N) is 1. The molecule has 0 aromatic heterocycles. The predicted molar refractivity (Wildman–Crippen MR) is 83.0 cm³/mol. The summed E-state index contributed by atoms with van der Waals surface area (Å²) in [4.78, 5) is 13.9. The molecule has 1 aliphatic heterocycles. The number of carbonyl (C=O) groups is 1. The number of amides is 1. The monoisotopic (exact) mass is 289 g/mol. The van der Waals surface area contributed by atoms with Gasteiger partial charge in [0.05, 0.1) is 6.61 Å². The van der Waals surface area contributed by atoms with E-state index in [9.17, 15) is 4.79 Å². The summed E-state index contributed by atoms with van der Waals surface area (Å²) in [6.07, 6.45) is 5.23. The minimum absolute atomic E-state index is 0.0457. The van der Waals surface area contributed by atoms with Crippen LogP contribution in [0, 0.1) is 5.92 Å². The summed E-state index contributed by atoms with van der Waals surface area (Å²) in [6, 6.07) is 7.68. The Hall–Kier alpha value is -1.81. The highest BCUT2D eigenvalue weighted by Gasteiger charge is 2.24. The molecule has 0 radical (unpaired) electrons. The third kappa shape index (κ3) is 4.60. The Bertz CT molecular complexity index is 481. The molecule has 4 heteroatoms. The smallest absolute Gasteiger partial charge is 0.246 e. The van der Waals surface area contributed by atoms with Gasteiger partial charge in [0.2, 0.25) is 5.91 Å². The Balaban J connectivity index is 1.87. The molecule has 1 aromatic rings. The molecule has 2 rings (SSSR count). The molecule has 114 valence electrons. The van der Waals surface area contributed by atoms with E-state index in [1.807, 2.05) is 42.2 Å². The van der Waals surface area contributed by atoms with Gasteiger partial charge in [-0.25, -0.2) is 0 Å². The SMILES string of the molecule is CCOc1ccc(/C=C/C(=O)N2CCC(CCO)C2)cc1. The number of aliphatic hydroxyl groups is 1. The number of hydrogen-bond acceptors (Lipinski definition) is 3. The zero-order valence-corrected chi connectivity index (χ0v) is 12.5. The van der Waals surface area contributed by atoms with Gasteiger partial charge in [-0.15, -0.1) is 0 Å². The van der Waals surface area contributed by atoms with Crippen LogP contribution in [0.4, 0.5) is 0 Å². The molecule has 1 aliphatic rings. The van der Waals surface area contributed by atoms with Crippen molar-refractivity contribution in [1.82, 2.24) is 4.90 Å². The van der Waals surface area contributed by atoms with Crippen LogP contribution in [0.5, 0.6) is 5.75 Å². The lowest BCUT2D eigenvalue weighted by Crippen LogP contribution is -2.26. The van der Waals surface area contributed by atoms with Crippen LogP contribution in [0.2, 0.25) is 0 Å². The van der Waals surface area contributed by atoms with Crippen LogP contribution >= 0.6 is 0 Å². The van der Waals surface area contributed by atoms with E-state index in [2.05, 4.69) is 0 Å². The average molecular weight is 289 g/mol. The minimum atomic E-state index is 0.0457. The average Bonchev–Trinajstić information content (AvgIpc) is 2.96. The van der Waals surface area contributed by atoms with Crippen LogP contribution < -0.4 is 4.74 Å². The topological polar surface area (TPSA) is 49.8 Å². The number of hydrogen-bond donors (Lipinski definition) is 1. The fourth-order valence-electron chi connectivity index (χ4n) is 2.57. The van der Waals surface area contributed by atoms with Crippen LogP contribution in [-0.4, -0.2) is 42.2 Å². The largest absolute Gasteiger partial charge is 0.494 e. The molecular formula is C17H23NO3. The molecular weight excluding hydrogens is 266 g/mol. The van der Waals surface area contributed by atoms with Gasteiger partial charge in [0, 0.05) is 25.8 Å². The number of aliphatic hydroxyl groups excluding tert-OH is 1. The number of benzene rings is 1. The summed E-state index contributed by atoms with van der Waals surface area (Å²) in [5.74, 6) is 1.33. The molecule has 21 heavy (non-hydrogen) atoms. The van der Waals surface area contributed by atoms with Crippen molar-refractivity contribution in [1.29, 1.82) is 0 Å². The van der Waals surface area contributed by atoms with Gasteiger partial charge in [-0.3, -0.25) is 4.79 Å². The van der Waals surface area contributed by atoms with Crippen molar-refractivity contribution in [2.75, 3.05) is 26.3 Å². The van der Waals surface area contributed by atoms with Crippen molar-refractivity contribution in [2.45, 2.75) is 19.8 Å². The van der Waals surface area contributed by atoms with Crippen molar-refractivity contribution in [3.63, 3.8) is 0 Å². The maximum Gasteiger partial charge on any atom is 0.246 e. The number of ether oxygens (including phenoxy) is 1.